The Morgan fingerprint density at radius 3 is 1.87 bits per heavy atom. The third kappa shape index (κ3) is 13.2. The first-order valence-corrected chi connectivity index (χ1v) is 28.2. The Bertz CT molecular complexity index is 3180. The Hall–Kier alpha value is -7.86. The second kappa shape index (κ2) is 27.3. The van der Waals surface area contributed by atoms with E-state index in [1.54, 1.807) is 76.6 Å². The zero-order valence-corrected chi connectivity index (χ0v) is 48.3. The molecular formula is C61H69N8O12P. The smallest absolute Gasteiger partial charge is 0.425 e. The van der Waals surface area contributed by atoms with Crippen LogP contribution in [-0.4, -0.2) is 105 Å². The Morgan fingerprint density at radius 1 is 0.805 bits per heavy atom. The number of fused-ring (bicyclic) bond motifs is 1. The van der Waals surface area contributed by atoms with Crippen molar-refractivity contribution in [3.63, 3.8) is 0 Å². The lowest BCUT2D eigenvalue weighted by molar-refractivity contribution is -0.235. The average Bonchev–Trinajstić information content (AvgIpc) is 3.69. The minimum absolute atomic E-state index is 0.00761. The fraction of sp³-hybridized carbons (Fsp3) is 0.361. The van der Waals surface area contributed by atoms with Gasteiger partial charge in [-0.2, -0.15) is 15.2 Å². The number of methoxy groups -OCH3 is 2. The van der Waals surface area contributed by atoms with Gasteiger partial charge in [0.25, 0.3) is 14.4 Å². The summed E-state index contributed by atoms with van der Waals surface area (Å²) in [5, 5.41) is 26.4. The Labute approximate surface area is 478 Å². The summed E-state index contributed by atoms with van der Waals surface area (Å²) in [6.07, 6.45) is -4.15. The van der Waals surface area contributed by atoms with E-state index in [-0.39, 0.29) is 54.5 Å². The molecule has 0 unspecified atom stereocenters. The molecule has 2 amide bonds. The molecule has 3 heterocycles. The minimum atomic E-state index is -2.66. The van der Waals surface area contributed by atoms with E-state index in [1.165, 1.54) is 15.8 Å². The van der Waals surface area contributed by atoms with Gasteiger partial charge in [-0.1, -0.05) is 112 Å². The van der Waals surface area contributed by atoms with Crippen LogP contribution in [0.4, 0.5) is 22.1 Å². The lowest BCUT2D eigenvalue weighted by Crippen LogP contribution is -2.54. The topological polar surface area (TPSA) is 231 Å². The van der Waals surface area contributed by atoms with Gasteiger partial charge in [0.15, 0.2) is 17.4 Å². The summed E-state index contributed by atoms with van der Waals surface area (Å²) in [5.41, 5.74) is 1.37. The number of rotatable bonds is 25. The van der Waals surface area contributed by atoms with Crippen molar-refractivity contribution >= 4 is 55.0 Å². The third-order valence-electron chi connectivity index (χ3n) is 13.5. The van der Waals surface area contributed by atoms with E-state index in [4.69, 9.17) is 47.4 Å². The number of nitrogens with zero attached hydrogens (tertiary/aromatic N) is 7. The maximum absolute atomic E-state index is 14.6. The summed E-state index contributed by atoms with van der Waals surface area (Å²) in [6.45, 7) is 12.4. The number of para-hydroxylation sites is 2. The number of amides is 2. The Kier molecular flexibility index (Phi) is 20.0. The summed E-state index contributed by atoms with van der Waals surface area (Å²) in [7, 11) is 0.836. The van der Waals surface area contributed by atoms with Crippen molar-refractivity contribution in [1.29, 1.82) is 5.26 Å². The lowest BCUT2D eigenvalue weighted by atomic mass is 9.80. The monoisotopic (exact) mass is 1140 g/mol. The van der Waals surface area contributed by atoms with Gasteiger partial charge in [0, 0.05) is 24.4 Å². The number of hydrogen-bond donors (Lipinski definition) is 2. The van der Waals surface area contributed by atoms with E-state index in [0.717, 1.165) is 0 Å². The van der Waals surface area contributed by atoms with Crippen molar-refractivity contribution in [1.82, 2.24) is 24.2 Å². The van der Waals surface area contributed by atoms with E-state index in [2.05, 4.69) is 16.4 Å². The van der Waals surface area contributed by atoms with Gasteiger partial charge < -0.3 is 38.1 Å². The molecule has 82 heavy (non-hydrogen) atoms. The van der Waals surface area contributed by atoms with Crippen molar-refractivity contribution in [2.75, 3.05) is 37.7 Å². The van der Waals surface area contributed by atoms with E-state index >= 15 is 0 Å². The molecule has 0 aliphatic carbocycles. The van der Waals surface area contributed by atoms with E-state index < -0.39 is 68.8 Å². The van der Waals surface area contributed by atoms with Gasteiger partial charge in [0.2, 0.25) is 23.7 Å². The molecule has 8 rings (SSSR count). The summed E-state index contributed by atoms with van der Waals surface area (Å²) in [6, 6.07) is 43.7. The van der Waals surface area contributed by atoms with Crippen LogP contribution in [-0.2, 0) is 38.4 Å². The van der Waals surface area contributed by atoms with Crippen LogP contribution in [0, 0.1) is 17.2 Å². The summed E-state index contributed by atoms with van der Waals surface area (Å²) in [5.74, 6) is -3.78. The molecule has 2 aromatic heterocycles. The van der Waals surface area contributed by atoms with Crippen molar-refractivity contribution in [3.8, 4) is 23.4 Å². The van der Waals surface area contributed by atoms with Gasteiger partial charge in [-0.3, -0.25) is 24.0 Å². The molecule has 0 radical (unpaired) electrons. The number of ether oxygens (including phenoxy) is 6. The van der Waals surface area contributed by atoms with Crippen LogP contribution in [0.2, 0.25) is 0 Å². The Balaban J connectivity index is 1.33. The van der Waals surface area contributed by atoms with E-state index in [9.17, 15) is 24.8 Å². The van der Waals surface area contributed by atoms with Gasteiger partial charge in [0.1, 0.15) is 23.2 Å². The van der Waals surface area contributed by atoms with E-state index in [1.807, 2.05) is 130 Å². The van der Waals surface area contributed by atoms with Gasteiger partial charge in [0.05, 0.1) is 57.6 Å². The van der Waals surface area contributed by atoms with Crippen LogP contribution in [0.15, 0.2) is 146 Å². The number of carbonyl (C=O) groups excluding carboxylic acids is 3. The standard InChI is InChI=1S/C61H69N8O12P/c1-10-21-51(70)79-53-57(67-39-63-52-54(67)64-58(65-55(71)40(2)3)66-56(52)80-59(72)68(46-24-16-12-17-25-46)47-26-18-13-19-27-47)78-50(61(53,73)81-82(77-37-20-36-62)69(41(4)5)42(6)7)38-76-60(43-22-14-11-15-23-43,44-28-32-48(74-8)33-29-44)45-30-34-49(75-9)35-31-45/h11-19,22-35,39-42,50,53,57,73H,10,20-21,37-38H2,1-9H3,(H,64,65,66,71)/t50-,53+,57-,61+,82-/m1/s1. The fourth-order valence-electron chi connectivity index (χ4n) is 9.54. The number of aliphatic hydroxyl groups is 1. The fourth-order valence-corrected chi connectivity index (χ4v) is 11.3. The van der Waals surface area contributed by atoms with Crippen LogP contribution in [0.25, 0.3) is 11.2 Å². The molecule has 20 nitrogen and oxygen atoms in total. The number of hydrogen-bond acceptors (Lipinski definition) is 17. The molecule has 0 saturated carbocycles. The molecule has 1 aliphatic rings. The number of anilines is 3. The average molecular weight is 1140 g/mol. The quantitative estimate of drug-likeness (QED) is 0.0178. The molecule has 0 bridgehead atoms. The lowest BCUT2D eigenvalue weighted by Gasteiger charge is -2.42. The van der Waals surface area contributed by atoms with Gasteiger partial charge in [-0.15, -0.1) is 0 Å². The van der Waals surface area contributed by atoms with Crippen LogP contribution in [0.5, 0.6) is 17.4 Å². The molecule has 5 atom stereocenters. The molecular weight excluding hydrogens is 1070 g/mol. The highest BCUT2D eigenvalue weighted by Crippen LogP contribution is 2.55. The van der Waals surface area contributed by atoms with Crippen LogP contribution in [0.1, 0.15) is 90.6 Å². The third-order valence-corrected chi connectivity index (χ3v) is 15.6. The molecule has 1 aliphatic heterocycles. The molecule has 0 spiro atoms. The molecule has 430 valence electrons. The summed E-state index contributed by atoms with van der Waals surface area (Å²) in [4.78, 5) is 57.6. The zero-order valence-electron chi connectivity index (χ0n) is 47.4. The summed E-state index contributed by atoms with van der Waals surface area (Å²) >= 11 is 0. The molecule has 7 aromatic rings. The van der Waals surface area contributed by atoms with Gasteiger partial charge in [-0.25, -0.2) is 19.3 Å². The molecule has 5 aromatic carbocycles. The highest BCUT2D eigenvalue weighted by Gasteiger charge is 2.63. The largest absolute Gasteiger partial charge is 0.497 e. The number of benzene rings is 5. The minimum Gasteiger partial charge on any atom is -0.497 e. The molecule has 21 heteroatoms. The second-order valence-electron chi connectivity index (χ2n) is 20.1. The molecule has 1 saturated heterocycles. The van der Waals surface area contributed by atoms with Crippen molar-refractivity contribution in [3.05, 3.63) is 163 Å². The second-order valence-corrected chi connectivity index (χ2v) is 21.5. The van der Waals surface area contributed by atoms with Crippen molar-refractivity contribution < 1.29 is 57.0 Å². The van der Waals surface area contributed by atoms with Crippen LogP contribution >= 0.6 is 8.53 Å². The normalized spacial score (nSPS) is 17.5. The predicted molar refractivity (Wildman–Crippen MR) is 308 cm³/mol. The first-order valence-electron chi connectivity index (χ1n) is 27.1. The number of nitrogens with one attached hydrogen (secondary N) is 1. The Morgan fingerprint density at radius 2 is 1.35 bits per heavy atom. The number of esters is 1. The molecule has 2 N–H and O–H groups in total. The number of carbonyl (C=O) groups is 3. The maximum Gasteiger partial charge on any atom is 0.425 e. The zero-order chi connectivity index (χ0) is 58.6. The highest BCUT2D eigenvalue weighted by atomic mass is 31.2. The predicted octanol–water partition coefficient (Wildman–Crippen LogP) is 11.4. The van der Waals surface area contributed by atoms with Crippen molar-refractivity contribution in [2.45, 2.75) is 110 Å². The maximum atomic E-state index is 14.6. The highest BCUT2D eigenvalue weighted by molar-refractivity contribution is 7.44. The molecule has 1 fully saturated rings. The van der Waals surface area contributed by atoms with Crippen LogP contribution < -0.4 is 24.4 Å². The SMILES string of the molecule is CCCC(=O)O[C@H]1[C@H](n2cnc3c(OC(=O)N(c4ccccc4)c4ccccc4)nc(NC(=O)C(C)C)nc32)O[C@H](COC(c2ccccc2)(c2ccc(OC)cc2)c2ccc(OC)cc2)[C@]1(O)O[P@@](OCCC#N)N(C(C)C)C(C)C. The number of nitriles is 1. The first-order chi connectivity index (χ1) is 39.6. The van der Waals surface area contributed by atoms with E-state index in [0.29, 0.717) is 46.0 Å². The van der Waals surface area contributed by atoms with Crippen molar-refractivity contribution in [2.24, 2.45) is 5.92 Å². The first kappa shape index (κ1) is 60.2. The number of aromatic nitrogens is 4. The summed E-state index contributed by atoms with van der Waals surface area (Å²) < 4.78 is 55.0. The van der Waals surface area contributed by atoms with Gasteiger partial charge >= 0.3 is 12.1 Å². The van der Waals surface area contributed by atoms with Gasteiger partial charge in [-0.05, 0) is 99.3 Å². The number of imidazole rings is 1. The van der Waals surface area contributed by atoms with Crippen LogP contribution in [0.3, 0.4) is 0 Å².